The molecule has 25 heavy (non-hydrogen) atoms. The van der Waals surface area contributed by atoms with Gasteiger partial charge in [-0.3, -0.25) is 9.59 Å². The molecule has 6 nitrogen and oxygen atoms in total. The Bertz CT molecular complexity index is 597. The number of carbonyl (C=O) groups is 2. The minimum atomic E-state index is -0.648. The van der Waals surface area contributed by atoms with Gasteiger partial charge in [0.25, 0.3) is 0 Å². The van der Waals surface area contributed by atoms with Crippen LogP contribution in [0.5, 0.6) is 0 Å². The third-order valence-corrected chi connectivity index (χ3v) is 3.96. The first kappa shape index (κ1) is 21.0. The molecule has 1 rings (SSSR count). The van der Waals surface area contributed by atoms with E-state index in [1.807, 2.05) is 39.3 Å². The number of carbonyl (C=O) groups excluding carboxylic acids is 2. The van der Waals surface area contributed by atoms with Crippen LogP contribution < -0.4 is 15.5 Å². The molecule has 0 aliphatic rings. The zero-order valence-corrected chi connectivity index (χ0v) is 16.5. The van der Waals surface area contributed by atoms with Gasteiger partial charge >= 0.3 is 11.8 Å². The third-order valence-electron chi connectivity index (χ3n) is 3.96. The maximum absolute atomic E-state index is 12.1. The second-order valence-corrected chi connectivity index (χ2v) is 7.79. The highest BCUT2D eigenvalue weighted by molar-refractivity contribution is 6.39. The number of hydrogen-bond donors (Lipinski definition) is 2. The lowest BCUT2D eigenvalue weighted by Gasteiger charge is -2.28. The molecule has 0 heterocycles. The summed E-state index contributed by atoms with van der Waals surface area (Å²) in [5.41, 5.74) is 1.48. The molecule has 1 aromatic carbocycles. The summed E-state index contributed by atoms with van der Waals surface area (Å²) in [6.45, 7) is 9.54. The Labute approximate surface area is 151 Å². The number of anilines is 2. The molecule has 0 saturated heterocycles. The Hall–Kier alpha value is -2.08. The van der Waals surface area contributed by atoms with Crippen molar-refractivity contribution < 1.29 is 9.59 Å². The van der Waals surface area contributed by atoms with E-state index < -0.39 is 11.8 Å². The average molecular weight is 348 g/mol. The van der Waals surface area contributed by atoms with Crippen LogP contribution in [0.25, 0.3) is 0 Å². The maximum atomic E-state index is 12.1. The summed E-state index contributed by atoms with van der Waals surface area (Å²) in [4.78, 5) is 28.3. The van der Waals surface area contributed by atoms with Crippen LogP contribution in [0.3, 0.4) is 0 Å². The van der Waals surface area contributed by atoms with Crippen LogP contribution in [-0.4, -0.2) is 57.0 Å². The zero-order valence-electron chi connectivity index (χ0n) is 16.5. The van der Waals surface area contributed by atoms with Crippen molar-refractivity contribution >= 4 is 23.2 Å². The molecule has 0 saturated carbocycles. The number of nitrogens with zero attached hydrogens (tertiary/aromatic N) is 2. The molecule has 140 valence electrons. The molecule has 0 aliphatic heterocycles. The normalized spacial score (nSPS) is 11.6. The van der Waals surface area contributed by atoms with Crippen LogP contribution in [0, 0.1) is 5.41 Å². The number of amides is 2. The predicted octanol–water partition coefficient (Wildman–Crippen LogP) is 2.17. The molecule has 1 aromatic rings. The summed E-state index contributed by atoms with van der Waals surface area (Å²) in [5.74, 6) is -1.26. The topological polar surface area (TPSA) is 64.7 Å². The van der Waals surface area contributed by atoms with Crippen LogP contribution >= 0.6 is 0 Å². The van der Waals surface area contributed by atoms with Crippen molar-refractivity contribution in [3.63, 3.8) is 0 Å². The average Bonchev–Trinajstić information content (AvgIpc) is 2.50. The highest BCUT2D eigenvalue weighted by atomic mass is 16.2. The van der Waals surface area contributed by atoms with Crippen LogP contribution in [0.1, 0.15) is 27.7 Å². The van der Waals surface area contributed by atoms with E-state index in [9.17, 15) is 9.59 Å². The largest absolute Gasteiger partial charge is 0.372 e. The lowest BCUT2D eigenvalue weighted by Crippen LogP contribution is -2.43. The zero-order chi connectivity index (χ0) is 19.2. The van der Waals surface area contributed by atoms with Gasteiger partial charge in [-0.05, 0) is 51.6 Å². The van der Waals surface area contributed by atoms with E-state index in [1.54, 1.807) is 6.07 Å². The Kier molecular flexibility index (Phi) is 7.42. The van der Waals surface area contributed by atoms with Crippen molar-refractivity contribution in [2.24, 2.45) is 5.41 Å². The maximum Gasteiger partial charge on any atom is 0.313 e. The molecule has 2 amide bonds. The van der Waals surface area contributed by atoms with Gasteiger partial charge in [0.15, 0.2) is 0 Å². The van der Waals surface area contributed by atoms with Crippen molar-refractivity contribution in [3.05, 3.63) is 24.3 Å². The van der Waals surface area contributed by atoms with E-state index in [2.05, 4.69) is 48.1 Å². The SMILES string of the molecule is CC(C)N(C)c1cccc(NC(=O)C(=O)NCC(C)(C)CN(C)C)c1. The Morgan fingerprint density at radius 1 is 1.12 bits per heavy atom. The van der Waals surface area contributed by atoms with E-state index in [0.29, 0.717) is 18.3 Å². The van der Waals surface area contributed by atoms with Crippen LogP contribution in [0.4, 0.5) is 11.4 Å². The minimum absolute atomic E-state index is 0.112. The predicted molar refractivity (Wildman–Crippen MR) is 104 cm³/mol. The van der Waals surface area contributed by atoms with Crippen molar-refractivity contribution in [1.29, 1.82) is 0 Å². The molecule has 0 radical (unpaired) electrons. The Morgan fingerprint density at radius 3 is 2.32 bits per heavy atom. The monoisotopic (exact) mass is 348 g/mol. The second kappa shape index (κ2) is 8.85. The quantitative estimate of drug-likeness (QED) is 0.741. The van der Waals surface area contributed by atoms with Gasteiger partial charge in [-0.15, -0.1) is 0 Å². The summed E-state index contributed by atoms with van der Waals surface area (Å²) in [5, 5.41) is 5.38. The molecule has 0 bridgehead atoms. The summed E-state index contributed by atoms with van der Waals surface area (Å²) in [6, 6.07) is 7.81. The molecule has 0 unspecified atom stereocenters. The lowest BCUT2D eigenvalue weighted by molar-refractivity contribution is -0.136. The minimum Gasteiger partial charge on any atom is -0.372 e. The van der Waals surface area contributed by atoms with E-state index in [-0.39, 0.29) is 5.41 Å². The van der Waals surface area contributed by atoms with Crippen molar-refractivity contribution in [2.45, 2.75) is 33.7 Å². The van der Waals surface area contributed by atoms with Gasteiger partial charge < -0.3 is 20.4 Å². The van der Waals surface area contributed by atoms with Gasteiger partial charge in [-0.1, -0.05) is 19.9 Å². The molecule has 2 N–H and O–H groups in total. The molecule has 0 spiro atoms. The third kappa shape index (κ3) is 7.13. The summed E-state index contributed by atoms with van der Waals surface area (Å²) >= 11 is 0. The summed E-state index contributed by atoms with van der Waals surface area (Å²) in [7, 11) is 5.96. The van der Waals surface area contributed by atoms with Gasteiger partial charge in [-0.25, -0.2) is 0 Å². The van der Waals surface area contributed by atoms with Crippen LogP contribution in [0.15, 0.2) is 24.3 Å². The number of benzene rings is 1. The highest BCUT2D eigenvalue weighted by Gasteiger charge is 2.22. The van der Waals surface area contributed by atoms with E-state index >= 15 is 0 Å². The van der Waals surface area contributed by atoms with Gasteiger partial charge in [0, 0.05) is 37.6 Å². The first-order valence-corrected chi connectivity index (χ1v) is 8.58. The van der Waals surface area contributed by atoms with Gasteiger partial charge in [-0.2, -0.15) is 0 Å². The first-order valence-electron chi connectivity index (χ1n) is 8.58. The second-order valence-electron chi connectivity index (χ2n) is 7.79. The molecule has 0 aromatic heterocycles. The summed E-state index contributed by atoms with van der Waals surface area (Å²) < 4.78 is 0. The molecule has 0 fully saturated rings. The van der Waals surface area contributed by atoms with E-state index in [4.69, 9.17) is 0 Å². The van der Waals surface area contributed by atoms with E-state index in [1.165, 1.54) is 0 Å². The summed E-state index contributed by atoms with van der Waals surface area (Å²) in [6.07, 6.45) is 0. The van der Waals surface area contributed by atoms with Gasteiger partial charge in [0.1, 0.15) is 0 Å². The molecular weight excluding hydrogens is 316 g/mol. The van der Waals surface area contributed by atoms with Crippen LogP contribution in [0.2, 0.25) is 0 Å². The fourth-order valence-electron chi connectivity index (χ4n) is 2.60. The van der Waals surface area contributed by atoms with Gasteiger partial charge in [0.2, 0.25) is 0 Å². The standard InChI is InChI=1S/C19H32N4O2/c1-14(2)23(7)16-10-8-9-15(11-16)21-18(25)17(24)20-12-19(3,4)13-22(5)6/h8-11,14H,12-13H2,1-7H3,(H,20,24)(H,21,25). The van der Waals surface area contributed by atoms with Crippen molar-refractivity contribution in [2.75, 3.05) is 44.4 Å². The number of rotatable bonds is 7. The van der Waals surface area contributed by atoms with Crippen molar-refractivity contribution in [1.82, 2.24) is 10.2 Å². The van der Waals surface area contributed by atoms with E-state index in [0.717, 1.165) is 12.2 Å². The van der Waals surface area contributed by atoms with Crippen molar-refractivity contribution in [3.8, 4) is 0 Å². The Morgan fingerprint density at radius 2 is 1.76 bits per heavy atom. The molecule has 6 heteroatoms. The number of hydrogen-bond acceptors (Lipinski definition) is 4. The molecular formula is C19H32N4O2. The van der Waals surface area contributed by atoms with Gasteiger partial charge in [0.05, 0.1) is 0 Å². The fraction of sp³-hybridized carbons (Fsp3) is 0.579. The lowest BCUT2D eigenvalue weighted by atomic mass is 9.93. The smallest absolute Gasteiger partial charge is 0.313 e. The Balaban J connectivity index is 2.64. The highest BCUT2D eigenvalue weighted by Crippen LogP contribution is 2.20. The first-order chi connectivity index (χ1) is 11.5. The molecule has 0 atom stereocenters. The molecule has 0 aliphatic carbocycles. The van der Waals surface area contributed by atoms with Crippen LogP contribution in [-0.2, 0) is 9.59 Å². The number of nitrogens with one attached hydrogen (secondary N) is 2. The fourth-order valence-corrected chi connectivity index (χ4v) is 2.60.